The van der Waals surface area contributed by atoms with Gasteiger partial charge in [-0.05, 0) is 62.1 Å². The monoisotopic (exact) mass is 1100 g/mol. The Balaban J connectivity index is 0.000000199. The van der Waals surface area contributed by atoms with Gasteiger partial charge in [-0.15, -0.1) is 0 Å². The summed E-state index contributed by atoms with van der Waals surface area (Å²) >= 11 is 2.15. The van der Waals surface area contributed by atoms with Crippen molar-refractivity contribution in [1.29, 1.82) is 0 Å². The summed E-state index contributed by atoms with van der Waals surface area (Å²) in [6.45, 7) is 6.08. The predicted octanol–water partition coefficient (Wildman–Crippen LogP) is 2.01. The summed E-state index contributed by atoms with van der Waals surface area (Å²) in [6, 6.07) is 18.4. The lowest BCUT2D eigenvalue weighted by atomic mass is 10.0. The van der Waals surface area contributed by atoms with E-state index in [2.05, 4.69) is 22.6 Å². The molecule has 4 N–H and O–H groups in total. The van der Waals surface area contributed by atoms with Crippen molar-refractivity contribution in [3.8, 4) is 0 Å². The zero-order valence-corrected chi connectivity index (χ0v) is 39.2. The third kappa shape index (κ3) is 12.0. The van der Waals surface area contributed by atoms with E-state index in [1.807, 2.05) is 18.8 Å². The Labute approximate surface area is 398 Å². The van der Waals surface area contributed by atoms with Gasteiger partial charge in [-0.2, -0.15) is 25.3 Å². The largest absolute Gasteiger partial charge is 0.387 e. The second-order valence-corrected chi connectivity index (χ2v) is 20.4. The summed E-state index contributed by atoms with van der Waals surface area (Å²) in [5.41, 5.74) is 2.70. The molecule has 7 aliphatic rings. The molecular formula is C42H57IO20S3. The molecule has 7 saturated heterocycles. The highest BCUT2D eigenvalue weighted by Gasteiger charge is 2.63. The number of benzene rings is 3. The first-order valence-corrected chi connectivity index (χ1v) is 26.3. The molecule has 0 saturated carbocycles. The maximum absolute atomic E-state index is 12.7. The van der Waals surface area contributed by atoms with Crippen molar-refractivity contribution >= 4 is 52.9 Å². The van der Waals surface area contributed by atoms with E-state index in [1.54, 1.807) is 43.3 Å². The van der Waals surface area contributed by atoms with Crippen LogP contribution < -0.4 is 0 Å². The molecule has 66 heavy (non-hydrogen) atoms. The zero-order chi connectivity index (χ0) is 46.3. The van der Waals surface area contributed by atoms with Crippen molar-refractivity contribution in [2.24, 2.45) is 0 Å². The molecule has 10 rings (SSSR count). The number of fused-ring (bicyclic) bond motifs is 8. The van der Waals surface area contributed by atoms with Crippen LogP contribution in [0.5, 0.6) is 0 Å². The number of aryl methyl sites for hydroxylation is 3. The van der Waals surface area contributed by atoms with Crippen LogP contribution in [-0.4, -0.2) is 163 Å². The van der Waals surface area contributed by atoms with Crippen LogP contribution in [-0.2, 0) is 76.1 Å². The molecule has 0 aliphatic carbocycles. The molecule has 0 radical (unpaired) electrons. The van der Waals surface area contributed by atoms with Gasteiger partial charge in [0.1, 0.15) is 61.0 Å². The lowest BCUT2D eigenvalue weighted by Crippen LogP contribution is -2.56. The Morgan fingerprint density at radius 3 is 1.29 bits per heavy atom. The van der Waals surface area contributed by atoms with E-state index in [0.717, 1.165) is 16.7 Å². The summed E-state index contributed by atoms with van der Waals surface area (Å²) in [4.78, 5) is 1.88. The van der Waals surface area contributed by atoms with Crippen LogP contribution in [0, 0.1) is 20.8 Å². The van der Waals surface area contributed by atoms with Crippen molar-refractivity contribution in [3.05, 3.63) is 89.5 Å². The van der Waals surface area contributed by atoms with Crippen molar-refractivity contribution in [2.45, 2.75) is 142 Å². The van der Waals surface area contributed by atoms with Gasteiger partial charge in [0, 0.05) is 0 Å². The van der Waals surface area contributed by atoms with Crippen molar-refractivity contribution in [1.82, 2.24) is 0 Å². The third-order valence-electron chi connectivity index (χ3n) is 11.0. The summed E-state index contributed by atoms with van der Waals surface area (Å²) in [5, 5.41) is 38.3. The van der Waals surface area contributed by atoms with Gasteiger partial charge in [-0.3, -0.25) is 12.5 Å². The van der Waals surface area contributed by atoms with Gasteiger partial charge in [0.25, 0.3) is 30.4 Å². The highest BCUT2D eigenvalue weighted by atomic mass is 127. The number of halogens is 1. The first-order valence-electron chi connectivity index (χ1n) is 19.9. The van der Waals surface area contributed by atoms with Crippen LogP contribution in [0.2, 0.25) is 0 Å². The lowest BCUT2D eigenvalue weighted by Gasteiger charge is -2.36. The first kappa shape index (κ1) is 54.6. The second kappa shape index (κ2) is 22.2. The molecule has 0 spiro atoms. The molecule has 6 bridgehead atoms. The molecule has 0 amide bonds. The Bertz CT molecular complexity index is 2280. The molecule has 15 atom stereocenters. The topological polar surface area (TPSA) is 279 Å². The standard InChI is InChI=1S/C20H22O9S2.C13H14O6S.C6H10O5.CH3I.2CH4/c1-12-3-7-14(8-4-12)30(22,23)28-18-16-11-26-20(27-16)19(17(18)21)29-31(24,25)15-9-5-13(2)6-10-15;1-7-2-4-8(5-3-7)20(14,15)19-12-11-10(18-11)9-6-16-13(12)17-9;7-3-2-1-10-6(11-2)5(9)4(3)8;1-2;;/h3-10,16-21H,11H2,1-2H3;2-5,9-13H,6H2,1H3;2-9H,1H2;1H3;2*1H4. The lowest BCUT2D eigenvalue weighted by molar-refractivity contribution is -0.228. The molecular weight excluding hydrogens is 1050 g/mol. The number of hydrogen-bond acceptors (Lipinski definition) is 20. The summed E-state index contributed by atoms with van der Waals surface area (Å²) in [7, 11) is -12.4. The Kier molecular flexibility index (Phi) is 18.4. The van der Waals surface area contributed by atoms with Gasteiger partial charge in [-0.1, -0.05) is 90.5 Å². The van der Waals surface area contributed by atoms with Crippen LogP contribution in [0.1, 0.15) is 31.5 Å². The van der Waals surface area contributed by atoms with E-state index in [0.29, 0.717) is 6.61 Å². The van der Waals surface area contributed by atoms with E-state index in [9.17, 15) is 40.6 Å². The summed E-state index contributed by atoms with van der Waals surface area (Å²) < 4.78 is 128. The summed E-state index contributed by atoms with van der Waals surface area (Å²) in [6.07, 6.45) is -13.1. The Morgan fingerprint density at radius 1 is 0.439 bits per heavy atom. The molecule has 7 fully saturated rings. The molecule has 370 valence electrons. The van der Waals surface area contributed by atoms with E-state index in [1.165, 1.54) is 36.4 Å². The maximum Gasteiger partial charge on any atom is 0.297 e. The van der Waals surface area contributed by atoms with Crippen molar-refractivity contribution < 1.29 is 91.4 Å². The first-order chi connectivity index (χ1) is 30.3. The van der Waals surface area contributed by atoms with E-state index >= 15 is 0 Å². The number of rotatable bonds is 9. The van der Waals surface area contributed by atoms with E-state index in [-0.39, 0.29) is 61.1 Å². The molecule has 15 unspecified atom stereocenters. The predicted molar refractivity (Wildman–Crippen MR) is 240 cm³/mol. The quantitative estimate of drug-likeness (QED) is 0.103. The molecule has 3 aromatic rings. The number of epoxide rings is 1. The molecule has 7 heterocycles. The second-order valence-electron chi connectivity index (χ2n) is 15.6. The van der Waals surface area contributed by atoms with Crippen LogP contribution in [0.15, 0.2) is 87.5 Å². The number of ether oxygens (including phenoxy) is 7. The zero-order valence-electron chi connectivity index (χ0n) is 34.6. The highest BCUT2D eigenvalue weighted by molar-refractivity contribution is 14.1. The normalized spacial score (nSPS) is 34.6. The Hall–Kier alpha value is -2.32. The fraction of sp³-hybridized carbons (Fsp3) is 0.571. The molecule has 7 aliphatic heterocycles. The van der Waals surface area contributed by atoms with E-state index in [4.69, 9.17) is 50.8 Å². The molecule has 20 nitrogen and oxygen atoms in total. The van der Waals surface area contributed by atoms with Gasteiger partial charge < -0.3 is 53.6 Å². The van der Waals surface area contributed by atoms with Gasteiger partial charge >= 0.3 is 0 Å². The van der Waals surface area contributed by atoms with Crippen LogP contribution >= 0.6 is 22.6 Å². The van der Waals surface area contributed by atoms with Crippen LogP contribution in [0.3, 0.4) is 0 Å². The van der Waals surface area contributed by atoms with E-state index < -0.39 is 104 Å². The number of alkyl halides is 1. The minimum Gasteiger partial charge on any atom is -0.387 e. The number of aliphatic hydroxyl groups is 4. The number of hydrogen-bond donors (Lipinski definition) is 4. The minimum atomic E-state index is -4.28. The molecule has 0 aromatic heterocycles. The smallest absolute Gasteiger partial charge is 0.297 e. The van der Waals surface area contributed by atoms with Crippen LogP contribution in [0.4, 0.5) is 0 Å². The highest BCUT2D eigenvalue weighted by Crippen LogP contribution is 2.44. The Morgan fingerprint density at radius 2 is 0.803 bits per heavy atom. The third-order valence-corrected chi connectivity index (χ3v) is 15.0. The fourth-order valence-electron chi connectivity index (χ4n) is 7.42. The SMILES string of the molecule is C.C.CI.Cc1ccc(S(=O)(=O)OC2C3COC(O3)C(OS(=O)(=O)c3ccc(C)cc3)C2O)cc1.Cc1ccc(S(=O)(=O)OC2C3OCC(O3)C3OC32)cc1.OC1C2COC(O2)C(O)C1O. The van der Waals surface area contributed by atoms with Gasteiger partial charge in [0.05, 0.1) is 34.5 Å². The maximum atomic E-state index is 12.7. The average Bonchev–Trinajstić information content (AvgIpc) is 3.57. The number of aliphatic hydroxyl groups excluding tert-OH is 4. The van der Waals surface area contributed by atoms with Gasteiger partial charge in [-0.25, -0.2) is 0 Å². The van der Waals surface area contributed by atoms with Crippen LogP contribution in [0.25, 0.3) is 0 Å². The summed E-state index contributed by atoms with van der Waals surface area (Å²) in [5.74, 6) is 0. The molecule has 24 heteroatoms. The van der Waals surface area contributed by atoms with Crippen molar-refractivity contribution in [2.75, 3.05) is 24.8 Å². The average molecular weight is 1110 g/mol. The van der Waals surface area contributed by atoms with Gasteiger partial charge in [0.2, 0.25) is 0 Å². The minimum absolute atomic E-state index is 0. The molecule has 3 aromatic carbocycles. The van der Waals surface area contributed by atoms with Gasteiger partial charge in [0.15, 0.2) is 31.1 Å². The fourth-order valence-corrected chi connectivity index (χ4v) is 10.7. The van der Waals surface area contributed by atoms with Crippen molar-refractivity contribution in [3.63, 3.8) is 0 Å².